The van der Waals surface area contributed by atoms with Crippen molar-refractivity contribution in [3.8, 4) is 0 Å². The normalized spacial score (nSPS) is 14.0. The predicted octanol–water partition coefficient (Wildman–Crippen LogP) is 5.78. The van der Waals surface area contributed by atoms with Crippen LogP contribution in [0.5, 0.6) is 0 Å². The molecule has 1 heterocycles. The number of anilines is 2. The lowest BCUT2D eigenvalue weighted by molar-refractivity contribution is 0.346. The van der Waals surface area contributed by atoms with Crippen LogP contribution in [-0.2, 0) is 10.9 Å². The molecule has 3 rings (SSSR count). The van der Waals surface area contributed by atoms with Crippen LogP contribution in [-0.4, -0.2) is 6.61 Å². The molecule has 2 aromatic carbocycles. The number of nitrogens with one attached hydrogen (secondary N) is 2. The molecule has 0 fully saturated rings. The SMILES string of the molecule is CCCCOP1Nc2ccc(C)cc2Cc2cc(C)ccc2N1. The maximum absolute atomic E-state index is 6.08. The Hall–Kier alpha value is -1.57. The highest BCUT2D eigenvalue weighted by atomic mass is 31.2. The first-order valence-corrected chi connectivity index (χ1v) is 9.57. The third kappa shape index (κ3) is 4.04. The second kappa shape index (κ2) is 7.33. The summed E-state index contributed by atoms with van der Waals surface area (Å²) < 4.78 is 6.08. The molecule has 122 valence electrons. The van der Waals surface area contributed by atoms with Crippen molar-refractivity contribution in [2.75, 3.05) is 16.8 Å². The maximum atomic E-state index is 6.08. The van der Waals surface area contributed by atoms with Crippen molar-refractivity contribution in [1.82, 2.24) is 0 Å². The Kier molecular flexibility index (Phi) is 5.20. The highest BCUT2D eigenvalue weighted by Crippen LogP contribution is 2.43. The van der Waals surface area contributed by atoms with E-state index in [1.807, 2.05) is 0 Å². The lowest BCUT2D eigenvalue weighted by atomic mass is 9.99. The van der Waals surface area contributed by atoms with E-state index in [0.717, 1.165) is 25.9 Å². The third-order valence-electron chi connectivity index (χ3n) is 4.06. The van der Waals surface area contributed by atoms with Crippen LogP contribution in [0, 0.1) is 13.8 Å². The Morgan fingerprint density at radius 1 is 0.957 bits per heavy atom. The van der Waals surface area contributed by atoms with Crippen LogP contribution in [0.3, 0.4) is 0 Å². The summed E-state index contributed by atoms with van der Waals surface area (Å²) in [7, 11) is -0.919. The molecule has 2 aromatic rings. The van der Waals surface area contributed by atoms with E-state index >= 15 is 0 Å². The molecule has 0 atom stereocenters. The molecule has 0 unspecified atom stereocenters. The Morgan fingerprint density at radius 3 is 2.04 bits per heavy atom. The standard InChI is InChI=1S/C19H25N2OP/c1-4-5-10-22-23-20-18-8-6-14(2)11-16(18)13-17-12-15(3)7-9-19(17)21-23/h6-9,11-12,20-21H,4-5,10,13H2,1-3H3. The smallest absolute Gasteiger partial charge is 0.242 e. The van der Waals surface area contributed by atoms with Crippen LogP contribution in [0.15, 0.2) is 36.4 Å². The topological polar surface area (TPSA) is 33.3 Å². The van der Waals surface area contributed by atoms with Gasteiger partial charge >= 0.3 is 0 Å². The first-order chi connectivity index (χ1) is 11.2. The van der Waals surface area contributed by atoms with Gasteiger partial charge in [0, 0.05) is 17.8 Å². The number of fused-ring (bicyclic) bond motifs is 2. The van der Waals surface area contributed by atoms with Gasteiger partial charge in [-0.05, 0) is 43.5 Å². The van der Waals surface area contributed by atoms with E-state index in [-0.39, 0.29) is 0 Å². The van der Waals surface area contributed by atoms with E-state index < -0.39 is 8.45 Å². The van der Waals surface area contributed by atoms with Crippen molar-refractivity contribution in [1.29, 1.82) is 0 Å². The van der Waals surface area contributed by atoms with Gasteiger partial charge in [0.2, 0.25) is 8.45 Å². The second-order valence-electron chi connectivity index (χ2n) is 6.20. The van der Waals surface area contributed by atoms with E-state index in [9.17, 15) is 0 Å². The Balaban J connectivity index is 1.95. The zero-order valence-electron chi connectivity index (χ0n) is 14.1. The summed E-state index contributed by atoms with van der Waals surface area (Å²) in [6, 6.07) is 13.2. The zero-order chi connectivity index (χ0) is 16.2. The van der Waals surface area contributed by atoms with Crippen LogP contribution in [0.2, 0.25) is 0 Å². The lowest BCUT2D eigenvalue weighted by Gasteiger charge is -2.27. The van der Waals surface area contributed by atoms with Gasteiger partial charge in [0.05, 0.1) is 6.61 Å². The molecular weight excluding hydrogens is 303 g/mol. The summed E-state index contributed by atoms with van der Waals surface area (Å²) in [4.78, 5) is 0. The van der Waals surface area contributed by atoms with Crippen molar-refractivity contribution < 1.29 is 4.52 Å². The minimum atomic E-state index is -0.919. The number of benzene rings is 2. The van der Waals surface area contributed by atoms with Gasteiger partial charge in [0.25, 0.3) is 0 Å². The molecule has 0 saturated carbocycles. The van der Waals surface area contributed by atoms with E-state index in [2.05, 4.69) is 67.3 Å². The van der Waals surface area contributed by atoms with Crippen LogP contribution in [0.4, 0.5) is 11.4 Å². The van der Waals surface area contributed by atoms with Gasteiger partial charge in [0.15, 0.2) is 0 Å². The molecule has 23 heavy (non-hydrogen) atoms. The highest BCUT2D eigenvalue weighted by Gasteiger charge is 2.19. The molecular formula is C19H25N2OP. The molecule has 1 aliphatic heterocycles. The average molecular weight is 328 g/mol. The Labute approximate surface area is 140 Å². The fourth-order valence-corrected chi connectivity index (χ4v) is 4.14. The summed E-state index contributed by atoms with van der Waals surface area (Å²) in [6.45, 7) is 7.26. The van der Waals surface area contributed by atoms with Crippen molar-refractivity contribution in [2.45, 2.75) is 40.0 Å². The number of aryl methyl sites for hydroxylation is 2. The Bertz CT molecular complexity index is 634. The highest BCUT2D eigenvalue weighted by molar-refractivity contribution is 7.55. The van der Waals surface area contributed by atoms with Crippen molar-refractivity contribution in [3.63, 3.8) is 0 Å². The third-order valence-corrected chi connectivity index (χ3v) is 5.39. The largest absolute Gasteiger partial charge is 0.325 e. The number of unbranched alkanes of at least 4 members (excludes halogenated alkanes) is 1. The van der Waals surface area contributed by atoms with E-state index in [0.29, 0.717) is 0 Å². The van der Waals surface area contributed by atoms with Crippen LogP contribution in [0.1, 0.15) is 42.0 Å². The molecule has 2 N–H and O–H groups in total. The molecule has 0 amide bonds. The molecule has 4 heteroatoms. The predicted molar refractivity (Wildman–Crippen MR) is 100 cm³/mol. The van der Waals surface area contributed by atoms with Crippen molar-refractivity contribution in [2.24, 2.45) is 0 Å². The van der Waals surface area contributed by atoms with Gasteiger partial charge in [-0.3, -0.25) is 0 Å². The van der Waals surface area contributed by atoms with Gasteiger partial charge < -0.3 is 14.7 Å². The average Bonchev–Trinajstić information content (AvgIpc) is 2.51. The second-order valence-corrected chi connectivity index (χ2v) is 7.50. The molecule has 0 aromatic heterocycles. The van der Waals surface area contributed by atoms with E-state index in [4.69, 9.17) is 4.52 Å². The molecule has 0 radical (unpaired) electrons. The number of hydrogen-bond donors (Lipinski definition) is 2. The molecule has 0 saturated heterocycles. The number of rotatable bonds is 4. The minimum absolute atomic E-state index is 0.782. The summed E-state index contributed by atoms with van der Waals surface area (Å²) in [5, 5.41) is 7.15. The fourth-order valence-electron chi connectivity index (χ4n) is 2.77. The van der Waals surface area contributed by atoms with Crippen molar-refractivity contribution in [3.05, 3.63) is 58.7 Å². The number of hydrogen-bond acceptors (Lipinski definition) is 3. The Morgan fingerprint density at radius 2 is 1.52 bits per heavy atom. The van der Waals surface area contributed by atoms with E-state index in [1.54, 1.807) is 0 Å². The van der Waals surface area contributed by atoms with Crippen LogP contribution in [0.25, 0.3) is 0 Å². The summed E-state index contributed by atoms with van der Waals surface area (Å²) in [5.41, 5.74) is 7.62. The van der Waals surface area contributed by atoms with Gasteiger partial charge in [-0.25, -0.2) is 0 Å². The summed E-state index contributed by atoms with van der Waals surface area (Å²) >= 11 is 0. The lowest BCUT2D eigenvalue weighted by Crippen LogP contribution is -2.12. The van der Waals surface area contributed by atoms with Gasteiger partial charge in [-0.1, -0.05) is 48.7 Å². The molecule has 0 bridgehead atoms. The van der Waals surface area contributed by atoms with Crippen LogP contribution >= 0.6 is 8.45 Å². The molecule has 0 aliphatic carbocycles. The van der Waals surface area contributed by atoms with E-state index in [1.165, 1.54) is 33.6 Å². The molecule has 1 aliphatic rings. The maximum Gasteiger partial charge on any atom is 0.242 e. The van der Waals surface area contributed by atoms with Gasteiger partial charge in [0.1, 0.15) is 0 Å². The zero-order valence-corrected chi connectivity index (χ0v) is 15.0. The van der Waals surface area contributed by atoms with Crippen LogP contribution < -0.4 is 10.2 Å². The first kappa shape index (κ1) is 16.3. The summed E-state index contributed by atoms with van der Waals surface area (Å²) in [5.74, 6) is 0. The first-order valence-electron chi connectivity index (χ1n) is 8.31. The monoisotopic (exact) mass is 328 g/mol. The molecule has 0 spiro atoms. The summed E-state index contributed by atoms with van der Waals surface area (Å²) in [6.07, 6.45) is 3.17. The van der Waals surface area contributed by atoms with Gasteiger partial charge in [-0.2, -0.15) is 0 Å². The van der Waals surface area contributed by atoms with Crippen molar-refractivity contribution >= 4 is 19.8 Å². The fraction of sp³-hybridized carbons (Fsp3) is 0.368. The minimum Gasteiger partial charge on any atom is -0.325 e. The molecule has 3 nitrogen and oxygen atoms in total. The quantitative estimate of drug-likeness (QED) is 0.552. The van der Waals surface area contributed by atoms with Gasteiger partial charge in [-0.15, -0.1) is 0 Å².